The van der Waals surface area contributed by atoms with E-state index in [9.17, 15) is 9.59 Å². The molecule has 37 heavy (non-hydrogen) atoms. The third kappa shape index (κ3) is 6.84. The summed E-state index contributed by atoms with van der Waals surface area (Å²) in [6.45, 7) is 11.2. The average Bonchev–Trinajstić information content (AvgIpc) is 3.48. The van der Waals surface area contributed by atoms with Crippen molar-refractivity contribution < 1.29 is 23.5 Å². The Morgan fingerprint density at radius 2 is 1.68 bits per heavy atom. The van der Waals surface area contributed by atoms with Gasteiger partial charge in [-0.2, -0.15) is 0 Å². The number of anilines is 1. The molecule has 2 aromatic carbocycles. The second kappa shape index (κ2) is 11.4. The molecule has 3 aromatic rings. The van der Waals surface area contributed by atoms with Crippen molar-refractivity contribution in [1.82, 2.24) is 9.80 Å². The fourth-order valence-corrected chi connectivity index (χ4v) is 4.20. The van der Waals surface area contributed by atoms with Gasteiger partial charge in [0.15, 0.2) is 11.5 Å². The van der Waals surface area contributed by atoms with E-state index in [1.165, 1.54) is 0 Å². The molecular formula is C29H35N3O5. The summed E-state index contributed by atoms with van der Waals surface area (Å²) in [6, 6.07) is 14.9. The lowest BCUT2D eigenvalue weighted by atomic mass is 10.1. The maximum atomic E-state index is 13.6. The molecule has 0 radical (unpaired) electrons. The molecule has 0 unspecified atom stereocenters. The third-order valence-corrected chi connectivity index (χ3v) is 6.26. The van der Waals surface area contributed by atoms with E-state index in [0.29, 0.717) is 36.0 Å². The third-order valence-electron chi connectivity index (χ3n) is 6.26. The summed E-state index contributed by atoms with van der Waals surface area (Å²) in [4.78, 5) is 30.2. The number of aryl methyl sites for hydroxylation is 3. The van der Waals surface area contributed by atoms with Crippen LogP contribution in [0, 0.1) is 26.7 Å². The smallest absolute Gasteiger partial charge is 0.322 e. The van der Waals surface area contributed by atoms with E-state index >= 15 is 0 Å². The Labute approximate surface area is 218 Å². The summed E-state index contributed by atoms with van der Waals surface area (Å²) in [6.07, 6.45) is 0. The Balaban J connectivity index is 1.52. The molecule has 8 nitrogen and oxygen atoms in total. The summed E-state index contributed by atoms with van der Waals surface area (Å²) in [7, 11) is 0. The van der Waals surface area contributed by atoms with Crippen LogP contribution in [0.3, 0.4) is 0 Å². The number of hydrogen-bond donors (Lipinski definition) is 1. The first-order chi connectivity index (χ1) is 17.7. The van der Waals surface area contributed by atoms with E-state index in [-0.39, 0.29) is 37.7 Å². The van der Waals surface area contributed by atoms with Gasteiger partial charge in [0.1, 0.15) is 18.1 Å². The molecule has 1 aliphatic rings. The van der Waals surface area contributed by atoms with Gasteiger partial charge in [-0.3, -0.25) is 4.79 Å². The number of furan rings is 1. The predicted octanol–water partition coefficient (Wildman–Crippen LogP) is 5.65. The molecule has 0 spiro atoms. The largest absolute Gasteiger partial charge is 0.464 e. The molecule has 2 heterocycles. The Morgan fingerprint density at radius 1 is 0.892 bits per heavy atom. The number of carbonyl (C=O) groups is 2. The van der Waals surface area contributed by atoms with Crippen LogP contribution in [0.4, 0.5) is 10.5 Å². The lowest BCUT2D eigenvalue weighted by molar-refractivity contribution is -0.133. The molecule has 196 valence electrons. The molecule has 1 N–H and O–H groups in total. The van der Waals surface area contributed by atoms with Crippen molar-refractivity contribution in [2.75, 3.05) is 25.2 Å². The van der Waals surface area contributed by atoms with E-state index in [4.69, 9.17) is 13.9 Å². The van der Waals surface area contributed by atoms with E-state index in [2.05, 4.69) is 5.32 Å². The van der Waals surface area contributed by atoms with Gasteiger partial charge in [0, 0.05) is 18.8 Å². The van der Waals surface area contributed by atoms with Gasteiger partial charge in [0.2, 0.25) is 12.7 Å². The van der Waals surface area contributed by atoms with E-state index in [0.717, 1.165) is 22.5 Å². The van der Waals surface area contributed by atoms with Gasteiger partial charge in [-0.15, -0.1) is 0 Å². The summed E-state index contributed by atoms with van der Waals surface area (Å²) in [5.41, 5.74) is 3.85. The lowest BCUT2D eigenvalue weighted by Gasteiger charge is -2.28. The number of hydrogen-bond acceptors (Lipinski definition) is 5. The summed E-state index contributed by atoms with van der Waals surface area (Å²) in [5.74, 6) is 2.82. The number of benzene rings is 2. The Bertz CT molecular complexity index is 1270. The van der Waals surface area contributed by atoms with Gasteiger partial charge in [-0.05, 0) is 79.8 Å². The van der Waals surface area contributed by atoms with E-state index in [1.807, 2.05) is 83.1 Å². The van der Waals surface area contributed by atoms with Crippen molar-refractivity contribution in [2.24, 2.45) is 5.92 Å². The number of fused-ring (bicyclic) bond motifs is 1. The van der Waals surface area contributed by atoms with Gasteiger partial charge >= 0.3 is 6.03 Å². The minimum absolute atomic E-state index is 0.0564. The number of carbonyl (C=O) groups excluding carboxylic acids is 2. The quantitative estimate of drug-likeness (QED) is 0.406. The average molecular weight is 506 g/mol. The molecule has 0 saturated heterocycles. The Morgan fingerprint density at radius 3 is 2.38 bits per heavy atom. The Kier molecular flexibility index (Phi) is 8.06. The minimum Gasteiger partial charge on any atom is -0.464 e. The highest BCUT2D eigenvalue weighted by Crippen LogP contribution is 2.33. The van der Waals surface area contributed by atoms with Crippen molar-refractivity contribution in [3.63, 3.8) is 0 Å². The van der Waals surface area contributed by atoms with E-state index < -0.39 is 0 Å². The molecule has 0 atom stereocenters. The van der Waals surface area contributed by atoms with Crippen LogP contribution >= 0.6 is 0 Å². The normalized spacial score (nSPS) is 12.1. The molecule has 0 fully saturated rings. The summed E-state index contributed by atoms with van der Waals surface area (Å²) in [5, 5.41) is 2.96. The number of ether oxygens (including phenoxy) is 2. The van der Waals surface area contributed by atoms with Crippen molar-refractivity contribution in [1.29, 1.82) is 0 Å². The van der Waals surface area contributed by atoms with Crippen LogP contribution in [-0.4, -0.2) is 41.6 Å². The topological polar surface area (TPSA) is 84.2 Å². The highest BCUT2D eigenvalue weighted by atomic mass is 16.7. The number of nitrogens with one attached hydrogen (secondary N) is 1. The molecule has 3 amide bonds. The second-order valence-electron chi connectivity index (χ2n) is 9.95. The highest BCUT2D eigenvalue weighted by Gasteiger charge is 2.24. The molecule has 0 bridgehead atoms. The fraction of sp³-hybridized carbons (Fsp3) is 0.379. The first kappa shape index (κ1) is 26.1. The SMILES string of the molecule is Cc1ccc(CN(Cc2ccc3c(c2)OCO3)C(=O)CN(CC(C)C)C(=O)Nc2ccc(C)c(C)c2)o1. The van der Waals surface area contributed by atoms with Crippen LogP contribution in [-0.2, 0) is 17.9 Å². The molecular weight excluding hydrogens is 470 g/mol. The van der Waals surface area contributed by atoms with Crippen molar-refractivity contribution in [3.05, 3.63) is 76.7 Å². The van der Waals surface area contributed by atoms with Crippen LogP contribution < -0.4 is 14.8 Å². The number of amides is 3. The fourth-order valence-electron chi connectivity index (χ4n) is 4.20. The van der Waals surface area contributed by atoms with Gasteiger partial charge in [0.05, 0.1) is 6.54 Å². The lowest BCUT2D eigenvalue weighted by Crippen LogP contribution is -2.45. The van der Waals surface area contributed by atoms with Crippen molar-refractivity contribution in [3.8, 4) is 11.5 Å². The van der Waals surface area contributed by atoms with Crippen LogP contribution in [0.15, 0.2) is 52.9 Å². The number of urea groups is 1. The van der Waals surface area contributed by atoms with Crippen molar-refractivity contribution >= 4 is 17.6 Å². The van der Waals surface area contributed by atoms with Gasteiger partial charge in [-0.25, -0.2) is 4.79 Å². The first-order valence-corrected chi connectivity index (χ1v) is 12.5. The maximum absolute atomic E-state index is 13.6. The van der Waals surface area contributed by atoms with Crippen LogP contribution in [0.2, 0.25) is 0 Å². The molecule has 0 aliphatic carbocycles. The maximum Gasteiger partial charge on any atom is 0.322 e. The van der Waals surface area contributed by atoms with E-state index in [1.54, 1.807) is 9.80 Å². The second-order valence-corrected chi connectivity index (χ2v) is 9.95. The first-order valence-electron chi connectivity index (χ1n) is 12.5. The molecule has 1 aliphatic heterocycles. The predicted molar refractivity (Wildman–Crippen MR) is 142 cm³/mol. The molecule has 1 aromatic heterocycles. The zero-order valence-corrected chi connectivity index (χ0v) is 22.2. The monoisotopic (exact) mass is 505 g/mol. The van der Waals surface area contributed by atoms with Crippen LogP contribution in [0.5, 0.6) is 11.5 Å². The van der Waals surface area contributed by atoms with Crippen molar-refractivity contribution in [2.45, 2.75) is 47.7 Å². The minimum atomic E-state index is -0.304. The molecule has 0 saturated carbocycles. The van der Waals surface area contributed by atoms with Gasteiger partial charge in [-0.1, -0.05) is 26.0 Å². The molecule has 4 rings (SSSR count). The van der Waals surface area contributed by atoms with Crippen LogP contribution in [0.25, 0.3) is 0 Å². The van der Waals surface area contributed by atoms with Gasteiger partial charge in [0.25, 0.3) is 0 Å². The summed E-state index contributed by atoms with van der Waals surface area (Å²) < 4.78 is 16.7. The number of nitrogens with zero attached hydrogens (tertiary/aromatic N) is 2. The Hall–Kier alpha value is -3.94. The highest BCUT2D eigenvalue weighted by molar-refractivity contribution is 5.92. The van der Waals surface area contributed by atoms with Gasteiger partial charge < -0.3 is 29.0 Å². The standard InChI is InChI=1S/C29H35N3O5/c1-19(2)14-32(29(34)30-24-9-6-20(3)21(4)12-24)17-28(33)31(16-25-10-7-22(5)37-25)15-23-8-11-26-27(13-23)36-18-35-26/h6-13,19H,14-18H2,1-5H3,(H,30,34). The zero-order valence-electron chi connectivity index (χ0n) is 22.2. The van der Waals surface area contributed by atoms with Crippen LogP contribution in [0.1, 0.15) is 42.1 Å². The zero-order chi connectivity index (χ0) is 26.5. The molecule has 8 heteroatoms. The number of rotatable bonds is 9. The summed E-state index contributed by atoms with van der Waals surface area (Å²) >= 11 is 0.